The van der Waals surface area contributed by atoms with Gasteiger partial charge in [0.15, 0.2) is 0 Å². The van der Waals surface area contributed by atoms with E-state index in [0.29, 0.717) is 10.0 Å². The highest BCUT2D eigenvalue weighted by atomic mass is 79.9. The molecule has 0 saturated heterocycles. The Morgan fingerprint density at radius 1 is 1.05 bits per heavy atom. The van der Waals surface area contributed by atoms with E-state index in [1.54, 1.807) is 0 Å². The molecule has 6 heteroatoms. The van der Waals surface area contributed by atoms with Crippen molar-refractivity contribution in [1.82, 2.24) is 5.43 Å². The third-order valence-electron chi connectivity index (χ3n) is 2.72. The maximum Gasteiger partial charge on any atom is 0.131 e. The van der Waals surface area contributed by atoms with Crippen LogP contribution in [0.3, 0.4) is 0 Å². The Balaban J connectivity index is 2.59. The number of hydrogen-bond acceptors (Lipinski definition) is 2. The van der Waals surface area contributed by atoms with Crippen molar-refractivity contribution in [1.29, 1.82) is 0 Å². The molecule has 0 bridgehead atoms. The van der Waals surface area contributed by atoms with Crippen LogP contribution in [0, 0.1) is 17.5 Å². The van der Waals surface area contributed by atoms with Crippen molar-refractivity contribution in [2.45, 2.75) is 6.04 Å². The van der Waals surface area contributed by atoms with Crippen LogP contribution in [0.1, 0.15) is 17.2 Å². The van der Waals surface area contributed by atoms with E-state index in [1.807, 2.05) is 0 Å². The molecule has 0 aliphatic rings. The first kappa shape index (κ1) is 14.0. The molecule has 0 heterocycles. The van der Waals surface area contributed by atoms with Crippen LogP contribution < -0.4 is 11.3 Å². The Bertz CT molecular complexity index is 584. The van der Waals surface area contributed by atoms with E-state index in [-0.39, 0.29) is 5.56 Å². The summed E-state index contributed by atoms with van der Waals surface area (Å²) in [5.74, 6) is 3.35. The summed E-state index contributed by atoms with van der Waals surface area (Å²) in [6.45, 7) is 0. The van der Waals surface area contributed by atoms with Crippen LogP contribution in [-0.4, -0.2) is 0 Å². The molecule has 0 saturated carbocycles. The van der Waals surface area contributed by atoms with Crippen molar-refractivity contribution in [2.24, 2.45) is 5.84 Å². The number of nitrogens with two attached hydrogens (primary N) is 1. The Kier molecular flexibility index (Phi) is 4.24. The fourth-order valence-corrected chi connectivity index (χ4v) is 2.33. The average molecular weight is 331 g/mol. The zero-order valence-electron chi connectivity index (χ0n) is 9.63. The Morgan fingerprint density at radius 3 is 2.26 bits per heavy atom. The predicted octanol–water partition coefficient (Wildman–Crippen LogP) is 3.42. The third kappa shape index (κ3) is 2.80. The molecule has 3 N–H and O–H groups in total. The van der Waals surface area contributed by atoms with Crippen LogP contribution in [-0.2, 0) is 0 Å². The summed E-state index contributed by atoms with van der Waals surface area (Å²) < 4.78 is 41.3. The summed E-state index contributed by atoms with van der Waals surface area (Å²) >= 11 is 3.21. The molecule has 0 spiro atoms. The van der Waals surface area contributed by atoms with Crippen LogP contribution in [0.5, 0.6) is 0 Å². The number of hydrazine groups is 1. The number of benzene rings is 2. The smallest absolute Gasteiger partial charge is 0.131 e. The van der Waals surface area contributed by atoms with Crippen LogP contribution in [0.2, 0.25) is 0 Å². The molecule has 2 nitrogen and oxygen atoms in total. The minimum Gasteiger partial charge on any atom is -0.271 e. The van der Waals surface area contributed by atoms with Gasteiger partial charge in [-0.3, -0.25) is 5.84 Å². The first-order valence-corrected chi connectivity index (χ1v) is 6.19. The van der Waals surface area contributed by atoms with Crippen molar-refractivity contribution in [2.75, 3.05) is 0 Å². The summed E-state index contributed by atoms with van der Waals surface area (Å²) in [5, 5.41) is 0. The molecule has 0 aliphatic heterocycles. The number of hydrogen-bond donors (Lipinski definition) is 2. The normalized spacial score (nSPS) is 12.5. The fraction of sp³-hybridized carbons (Fsp3) is 0.0769. The summed E-state index contributed by atoms with van der Waals surface area (Å²) in [5.41, 5.74) is 2.37. The van der Waals surface area contributed by atoms with E-state index < -0.39 is 23.5 Å². The SMILES string of the molecule is NNC(c1cc(F)ccc1Br)c1c(F)cccc1F. The van der Waals surface area contributed by atoms with Gasteiger partial charge in [0.1, 0.15) is 17.5 Å². The second-order valence-corrected chi connectivity index (χ2v) is 4.76. The maximum absolute atomic E-state index is 13.8. The van der Waals surface area contributed by atoms with E-state index in [4.69, 9.17) is 5.84 Å². The van der Waals surface area contributed by atoms with Gasteiger partial charge in [-0.1, -0.05) is 22.0 Å². The molecule has 100 valence electrons. The van der Waals surface area contributed by atoms with Crippen molar-refractivity contribution in [3.8, 4) is 0 Å². The molecule has 1 atom stereocenters. The van der Waals surface area contributed by atoms with Gasteiger partial charge < -0.3 is 0 Å². The molecule has 0 aromatic heterocycles. The molecular formula is C13H10BrF3N2. The lowest BCUT2D eigenvalue weighted by Crippen LogP contribution is -2.30. The van der Waals surface area contributed by atoms with Gasteiger partial charge in [0, 0.05) is 10.0 Å². The first-order chi connectivity index (χ1) is 9.04. The predicted molar refractivity (Wildman–Crippen MR) is 69.6 cm³/mol. The van der Waals surface area contributed by atoms with Gasteiger partial charge in [-0.2, -0.15) is 0 Å². The Hall–Kier alpha value is -1.37. The third-order valence-corrected chi connectivity index (χ3v) is 3.45. The van der Waals surface area contributed by atoms with Gasteiger partial charge >= 0.3 is 0 Å². The zero-order valence-corrected chi connectivity index (χ0v) is 11.2. The lowest BCUT2D eigenvalue weighted by Gasteiger charge is -2.19. The lowest BCUT2D eigenvalue weighted by molar-refractivity contribution is 0.508. The van der Waals surface area contributed by atoms with Crippen molar-refractivity contribution in [3.05, 3.63) is 69.4 Å². The van der Waals surface area contributed by atoms with Gasteiger partial charge in [-0.25, -0.2) is 18.6 Å². The summed E-state index contributed by atoms with van der Waals surface area (Å²) in [6.07, 6.45) is 0. The molecular weight excluding hydrogens is 321 g/mol. The second-order valence-electron chi connectivity index (χ2n) is 3.90. The summed E-state index contributed by atoms with van der Waals surface area (Å²) in [6, 6.07) is 6.35. The minimum absolute atomic E-state index is 0.253. The molecule has 0 fully saturated rings. The van der Waals surface area contributed by atoms with Crippen LogP contribution in [0.4, 0.5) is 13.2 Å². The quantitative estimate of drug-likeness (QED) is 0.668. The highest BCUT2D eigenvalue weighted by molar-refractivity contribution is 9.10. The molecule has 2 aromatic carbocycles. The topological polar surface area (TPSA) is 38.0 Å². The van der Waals surface area contributed by atoms with Gasteiger partial charge in [-0.05, 0) is 35.9 Å². The lowest BCUT2D eigenvalue weighted by atomic mass is 9.98. The number of halogens is 4. The van der Waals surface area contributed by atoms with Crippen molar-refractivity contribution < 1.29 is 13.2 Å². The summed E-state index contributed by atoms with van der Waals surface area (Å²) in [7, 11) is 0. The van der Waals surface area contributed by atoms with Gasteiger partial charge in [-0.15, -0.1) is 0 Å². The molecule has 0 amide bonds. The monoisotopic (exact) mass is 330 g/mol. The van der Waals surface area contributed by atoms with Crippen LogP contribution in [0.15, 0.2) is 40.9 Å². The van der Waals surface area contributed by atoms with E-state index in [1.165, 1.54) is 24.3 Å². The standard InChI is InChI=1S/C13H10BrF3N2/c14-9-5-4-7(15)6-8(9)13(19-18)12-10(16)2-1-3-11(12)17/h1-6,13,19H,18H2. The van der Waals surface area contributed by atoms with E-state index in [9.17, 15) is 13.2 Å². The van der Waals surface area contributed by atoms with E-state index >= 15 is 0 Å². The van der Waals surface area contributed by atoms with Crippen molar-refractivity contribution in [3.63, 3.8) is 0 Å². The Morgan fingerprint density at radius 2 is 1.68 bits per heavy atom. The Labute approximate surface area is 116 Å². The fourth-order valence-electron chi connectivity index (χ4n) is 1.85. The zero-order chi connectivity index (χ0) is 14.0. The van der Waals surface area contributed by atoms with Gasteiger partial charge in [0.2, 0.25) is 0 Å². The molecule has 2 aromatic rings. The van der Waals surface area contributed by atoms with Crippen molar-refractivity contribution >= 4 is 15.9 Å². The minimum atomic E-state index is -0.994. The highest BCUT2D eigenvalue weighted by Crippen LogP contribution is 2.31. The average Bonchev–Trinajstić information content (AvgIpc) is 2.37. The maximum atomic E-state index is 13.8. The van der Waals surface area contributed by atoms with E-state index in [2.05, 4.69) is 21.4 Å². The van der Waals surface area contributed by atoms with Gasteiger partial charge in [0.05, 0.1) is 6.04 Å². The second kappa shape index (κ2) is 5.73. The largest absolute Gasteiger partial charge is 0.271 e. The molecule has 0 radical (unpaired) electrons. The van der Waals surface area contributed by atoms with E-state index in [0.717, 1.165) is 12.1 Å². The molecule has 19 heavy (non-hydrogen) atoms. The summed E-state index contributed by atoms with van der Waals surface area (Å²) in [4.78, 5) is 0. The number of nitrogens with one attached hydrogen (secondary N) is 1. The highest BCUT2D eigenvalue weighted by Gasteiger charge is 2.23. The first-order valence-electron chi connectivity index (χ1n) is 5.39. The van der Waals surface area contributed by atoms with Crippen LogP contribution >= 0.6 is 15.9 Å². The number of rotatable bonds is 3. The molecule has 1 unspecified atom stereocenters. The van der Waals surface area contributed by atoms with Gasteiger partial charge in [0.25, 0.3) is 0 Å². The molecule has 2 rings (SSSR count). The van der Waals surface area contributed by atoms with Crippen LogP contribution in [0.25, 0.3) is 0 Å². The molecule has 0 aliphatic carbocycles.